The van der Waals surface area contributed by atoms with Gasteiger partial charge in [0.25, 0.3) is 0 Å². The normalized spacial score (nSPS) is 21.2. The summed E-state index contributed by atoms with van der Waals surface area (Å²) in [6.45, 7) is 7.61. The number of pyridine rings is 1. The van der Waals surface area contributed by atoms with E-state index in [0.717, 1.165) is 18.5 Å². The van der Waals surface area contributed by atoms with Crippen LogP contribution in [-0.4, -0.2) is 10.8 Å². The van der Waals surface area contributed by atoms with E-state index in [1.165, 1.54) is 0 Å². The first-order chi connectivity index (χ1) is 8.51. The number of carbonyl (C=O) groups is 1. The smallest absolute Gasteiger partial charge is 0.294 e. The van der Waals surface area contributed by atoms with E-state index in [2.05, 4.69) is 4.98 Å². The van der Waals surface area contributed by atoms with Gasteiger partial charge < -0.3 is 0 Å². The molecule has 1 aliphatic carbocycles. The molecule has 1 aliphatic rings. The second kappa shape index (κ2) is 3.81. The molecule has 0 saturated heterocycles. The molecule has 0 N–H and O–H groups in total. The van der Waals surface area contributed by atoms with Gasteiger partial charge in [0.15, 0.2) is 5.78 Å². The second-order valence-electron chi connectivity index (χ2n) is 6.16. The molecular weight excluding hydrogens is 255 g/mol. The predicted octanol–water partition coefficient (Wildman–Crippen LogP) is 3.97. The molecule has 1 saturated carbocycles. The highest BCUT2D eigenvalue weighted by atomic mass is 19.4. The van der Waals surface area contributed by atoms with E-state index < -0.39 is 23.4 Å². The molecule has 0 spiro atoms. The minimum Gasteiger partial charge on any atom is -0.294 e. The number of hydrogen-bond donors (Lipinski definition) is 0. The summed E-state index contributed by atoms with van der Waals surface area (Å²) in [7, 11) is 0. The Morgan fingerprint density at radius 1 is 1.21 bits per heavy atom. The number of halogens is 3. The van der Waals surface area contributed by atoms with Gasteiger partial charge in [0.05, 0.1) is 5.56 Å². The number of alkyl halides is 3. The van der Waals surface area contributed by atoms with Crippen LogP contribution in [0.5, 0.6) is 0 Å². The van der Waals surface area contributed by atoms with Crippen molar-refractivity contribution in [3.63, 3.8) is 0 Å². The first kappa shape index (κ1) is 14.0. The molecule has 2 nitrogen and oxygen atoms in total. The van der Waals surface area contributed by atoms with E-state index in [1.807, 2.05) is 27.7 Å². The maximum atomic E-state index is 12.9. The summed E-state index contributed by atoms with van der Waals surface area (Å²) in [5, 5.41) is 0. The molecule has 0 bridgehead atoms. The average Bonchev–Trinajstić information content (AvgIpc) is 2.67. The van der Waals surface area contributed by atoms with Crippen molar-refractivity contribution in [2.45, 2.75) is 33.9 Å². The first-order valence-electron chi connectivity index (χ1n) is 6.06. The third-order valence-corrected chi connectivity index (χ3v) is 4.67. The SMILES string of the molecule is CC1(C)C(C(=O)c2cnccc2C(F)(F)F)C1(C)C. The molecule has 2 rings (SSSR count). The van der Waals surface area contributed by atoms with Gasteiger partial charge in [-0.25, -0.2) is 0 Å². The Bertz CT molecular complexity index is 518. The first-order valence-corrected chi connectivity index (χ1v) is 6.06. The maximum Gasteiger partial charge on any atom is 0.417 e. The van der Waals surface area contributed by atoms with Crippen molar-refractivity contribution < 1.29 is 18.0 Å². The van der Waals surface area contributed by atoms with Crippen LogP contribution in [0.1, 0.15) is 43.6 Å². The van der Waals surface area contributed by atoms with Crippen molar-refractivity contribution in [2.75, 3.05) is 0 Å². The van der Waals surface area contributed by atoms with Gasteiger partial charge in [0, 0.05) is 23.9 Å². The highest BCUT2D eigenvalue weighted by molar-refractivity contribution is 6.02. The number of carbonyl (C=O) groups excluding carboxylic acids is 1. The van der Waals surface area contributed by atoms with Gasteiger partial charge in [-0.05, 0) is 16.9 Å². The van der Waals surface area contributed by atoms with Crippen molar-refractivity contribution in [3.8, 4) is 0 Å². The molecule has 104 valence electrons. The summed E-state index contributed by atoms with van der Waals surface area (Å²) in [5.41, 5.74) is -1.80. The Morgan fingerprint density at radius 2 is 1.74 bits per heavy atom. The molecule has 5 heteroatoms. The molecule has 0 unspecified atom stereocenters. The summed E-state index contributed by atoms with van der Waals surface area (Å²) in [6, 6.07) is 0.857. The van der Waals surface area contributed by atoms with Gasteiger partial charge in [-0.15, -0.1) is 0 Å². The Balaban J connectivity index is 2.43. The second-order valence-corrected chi connectivity index (χ2v) is 6.16. The van der Waals surface area contributed by atoms with Gasteiger partial charge in [-0.3, -0.25) is 9.78 Å². The summed E-state index contributed by atoms with van der Waals surface area (Å²) in [4.78, 5) is 16.0. The van der Waals surface area contributed by atoms with Gasteiger partial charge in [-0.1, -0.05) is 27.7 Å². The number of hydrogen-bond acceptors (Lipinski definition) is 2. The van der Waals surface area contributed by atoms with Crippen LogP contribution in [0.2, 0.25) is 0 Å². The zero-order chi connectivity index (χ0) is 14.6. The lowest BCUT2D eigenvalue weighted by atomic mass is 9.98. The van der Waals surface area contributed by atoms with E-state index in [0.29, 0.717) is 0 Å². The van der Waals surface area contributed by atoms with Crippen LogP contribution in [-0.2, 0) is 6.18 Å². The van der Waals surface area contributed by atoms with Crippen LogP contribution in [0.4, 0.5) is 13.2 Å². The van der Waals surface area contributed by atoms with Gasteiger partial charge in [0.2, 0.25) is 0 Å². The highest BCUT2D eigenvalue weighted by Gasteiger charge is 2.68. The van der Waals surface area contributed by atoms with Crippen molar-refractivity contribution in [2.24, 2.45) is 16.7 Å². The lowest BCUT2D eigenvalue weighted by molar-refractivity contribution is -0.138. The van der Waals surface area contributed by atoms with E-state index in [1.54, 1.807) is 0 Å². The van der Waals surface area contributed by atoms with Crippen molar-refractivity contribution in [1.29, 1.82) is 0 Å². The van der Waals surface area contributed by atoms with Crippen LogP contribution in [0.15, 0.2) is 18.5 Å². The Labute approximate surface area is 110 Å². The Morgan fingerprint density at radius 3 is 2.16 bits per heavy atom. The lowest BCUT2D eigenvalue weighted by Crippen LogP contribution is -2.16. The molecule has 1 fully saturated rings. The van der Waals surface area contributed by atoms with Gasteiger partial charge in [0.1, 0.15) is 0 Å². The zero-order valence-electron chi connectivity index (χ0n) is 11.3. The fourth-order valence-corrected chi connectivity index (χ4v) is 2.85. The molecule has 19 heavy (non-hydrogen) atoms. The molecule has 1 aromatic heterocycles. The number of rotatable bonds is 2. The quantitative estimate of drug-likeness (QED) is 0.762. The molecule has 1 heterocycles. The van der Waals surface area contributed by atoms with Crippen LogP contribution in [0.3, 0.4) is 0 Å². The summed E-state index contributed by atoms with van der Waals surface area (Å²) in [6.07, 6.45) is -2.45. The molecular formula is C14H16F3NO. The summed E-state index contributed by atoms with van der Waals surface area (Å²) >= 11 is 0. The average molecular weight is 271 g/mol. The minimum atomic E-state index is -4.53. The molecule has 0 atom stereocenters. The summed E-state index contributed by atoms with van der Waals surface area (Å²) in [5.74, 6) is -0.860. The number of ketones is 1. The molecule has 1 aromatic rings. The van der Waals surface area contributed by atoms with Crippen molar-refractivity contribution >= 4 is 5.78 Å². The molecule has 0 amide bonds. The van der Waals surface area contributed by atoms with Gasteiger partial charge >= 0.3 is 6.18 Å². The third kappa shape index (κ3) is 1.95. The van der Waals surface area contributed by atoms with E-state index >= 15 is 0 Å². The Kier molecular flexibility index (Phi) is 2.81. The number of Topliss-reactive ketones (excluding diaryl/α,β-unsaturated/α-hetero) is 1. The number of nitrogens with zero attached hydrogens (tertiary/aromatic N) is 1. The largest absolute Gasteiger partial charge is 0.417 e. The van der Waals surface area contributed by atoms with Crippen LogP contribution < -0.4 is 0 Å². The van der Waals surface area contributed by atoms with E-state index in [9.17, 15) is 18.0 Å². The van der Waals surface area contributed by atoms with Crippen LogP contribution in [0, 0.1) is 16.7 Å². The topological polar surface area (TPSA) is 30.0 Å². The zero-order valence-corrected chi connectivity index (χ0v) is 11.3. The van der Waals surface area contributed by atoms with Gasteiger partial charge in [-0.2, -0.15) is 13.2 Å². The lowest BCUT2D eigenvalue weighted by Gasteiger charge is -2.11. The minimum absolute atomic E-state index is 0.289. The van der Waals surface area contributed by atoms with Crippen molar-refractivity contribution in [1.82, 2.24) is 4.98 Å². The predicted molar refractivity (Wildman–Crippen MR) is 64.6 cm³/mol. The standard InChI is InChI=1S/C14H16F3NO/c1-12(2)11(13(12,3)4)10(19)8-7-18-6-5-9(8)14(15,16)17/h5-7,11H,1-4H3. The van der Waals surface area contributed by atoms with Crippen molar-refractivity contribution in [3.05, 3.63) is 29.6 Å². The molecule has 0 aromatic carbocycles. The van der Waals surface area contributed by atoms with Crippen LogP contribution in [0.25, 0.3) is 0 Å². The number of aromatic nitrogens is 1. The van der Waals surface area contributed by atoms with E-state index in [-0.39, 0.29) is 16.4 Å². The third-order valence-electron chi connectivity index (χ3n) is 4.67. The molecule has 0 aliphatic heterocycles. The monoisotopic (exact) mass is 271 g/mol. The Hall–Kier alpha value is -1.39. The fourth-order valence-electron chi connectivity index (χ4n) is 2.85. The fraction of sp³-hybridized carbons (Fsp3) is 0.571. The van der Waals surface area contributed by atoms with Crippen LogP contribution >= 0.6 is 0 Å². The maximum absolute atomic E-state index is 12.9. The molecule has 0 radical (unpaired) electrons. The highest BCUT2D eigenvalue weighted by Crippen LogP contribution is 2.69. The van der Waals surface area contributed by atoms with E-state index in [4.69, 9.17) is 0 Å². The summed E-state index contributed by atoms with van der Waals surface area (Å²) < 4.78 is 38.7.